The summed E-state index contributed by atoms with van der Waals surface area (Å²) >= 11 is 6.00. The quantitative estimate of drug-likeness (QED) is 0.479. The first-order valence-electron chi connectivity index (χ1n) is 7.15. The van der Waals surface area contributed by atoms with Gasteiger partial charge in [0.25, 0.3) is 23.6 Å². The maximum atomic E-state index is 12.2. The van der Waals surface area contributed by atoms with Gasteiger partial charge in [0.05, 0.1) is 0 Å². The summed E-state index contributed by atoms with van der Waals surface area (Å²) in [5.74, 6) is -1.51. The Balaban J connectivity index is 1.69. The first-order chi connectivity index (χ1) is 10.8. The highest BCUT2D eigenvalue weighted by molar-refractivity contribution is 7.89. The van der Waals surface area contributed by atoms with Gasteiger partial charge in [-0.25, -0.2) is 0 Å². The number of hydrogen-bond acceptors (Lipinski definition) is 5. The van der Waals surface area contributed by atoms with E-state index >= 15 is 0 Å². The number of nitrogens with zero attached hydrogens (tertiary/aromatic N) is 2. The van der Waals surface area contributed by atoms with Gasteiger partial charge in [-0.05, 0) is 12.8 Å². The van der Waals surface area contributed by atoms with Gasteiger partial charge in [-0.1, -0.05) is 11.2 Å². The molecule has 23 heavy (non-hydrogen) atoms. The molecule has 0 radical (unpaired) electrons. The second kappa shape index (κ2) is 7.23. The molecule has 0 spiro atoms. The highest BCUT2D eigenvalue weighted by Crippen LogP contribution is 2.52. The lowest BCUT2D eigenvalue weighted by Gasteiger charge is -2.17. The van der Waals surface area contributed by atoms with E-state index in [1.54, 1.807) is 0 Å². The smallest absolute Gasteiger partial charge is 0.253 e. The van der Waals surface area contributed by atoms with E-state index in [-0.39, 0.29) is 49.0 Å². The first kappa shape index (κ1) is 17.6. The van der Waals surface area contributed by atoms with E-state index in [9.17, 15) is 23.7 Å². The van der Waals surface area contributed by atoms with Crippen LogP contribution in [0.1, 0.15) is 12.8 Å². The zero-order valence-electron chi connectivity index (χ0n) is 12.3. The Kier molecular flexibility index (Phi) is 5.55. The van der Waals surface area contributed by atoms with Crippen LogP contribution in [0.25, 0.3) is 0 Å². The highest BCUT2D eigenvalue weighted by atomic mass is 35.7. The molecule has 0 atom stereocenters. The van der Waals surface area contributed by atoms with Crippen LogP contribution in [0.3, 0.4) is 0 Å². The molecule has 0 aromatic heterocycles. The predicted octanol–water partition coefficient (Wildman–Crippen LogP) is 1.13. The van der Waals surface area contributed by atoms with Crippen molar-refractivity contribution < 1.29 is 23.7 Å². The molecule has 4 amide bonds. The van der Waals surface area contributed by atoms with E-state index in [1.165, 1.54) is 24.3 Å². The molecule has 0 saturated heterocycles. The summed E-state index contributed by atoms with van der Waals surface area (Å²) < 4.78 is 12.2. The lowest BCUT2D eigenvalue weighted by Crippen LogP contribution is -2.31. The van der Waals surface area contributed by atoms with Gasteiger partial charge in [0, 0.05) is 49.7 Å². The fourth-order valence-corrected chi connectivity index (χ4v) is 4.51. The Morgan fingerprint density at radius 3 is 1.35 bits per heavy atom. The highest BCUT2D eigenvalue weighted by Gasteiger charge is 2.26. The van der Waals surface area contributed by atoms with Gasteiger partial charge < -0.3 is 4.57 Å². The number of halogens is 1. The first-order valence-corrected chi connectivity index (χ1v) is 10.1. The van der Waals surface area contributed by atoms with Crippen molar-refractivity contribution >= 4 is 41.4 Å². The van der Waals surface area contributed by atoms with E-state index in [0.29, 0.717) is 12.8 Å². The summed E-state index contributed by atoms with van der Waals surface area (Å²) in [5.41, 5.74) is 0. The minimum atomic E-state index is -2.95. The molecule has 0 aliphatic carbocycles. The van der Waals surface area contributed by atoms with Crippen molar-refractivity contribution in [2.24, 2.45) is 0 Å². The fourth-order valence-electron chi connectivity index (χ4n) is 2.34. The average Bonchev–Trinajstić information content (AvgIpc) is 2.96. The van der Waals surface area contributed by atoms with E-state index in [1.807, 2.05) is 0 Å². The number of hydrogen-bond donors (Lipinski definition) is 0. The van der Waals surface area contributed by atoms with Crippen molar-refractivity contribution in [3.05, 3.63) is 24.3 Å². The molecule has 0 bridgehead atoms. The van der Waals surface area contributed by atoms with Crippen molar-refractivity contribution in [1.82, 2.24) is 9.80 Å². The van der Waals surface area contributed by atoms with Crippen LogP contribution >= 0.6 is 17.7 Å². The molecular formula is C14H16ClN2O5P. The van der Waals surface area contributed by atoms with Crippen LogP contribution in [0.5, 0.6) is 0 Å². The van der Waals surface area contributed by atoms with E-state index < -0.39 is 6.49 Å². The average molecular weight is 359 g/mol. The zero-order chi connectivity index (χ0) is 17.0. The summed E-state index contributed by atoms with van der Waals surface area (Å²) in [6.07, 6.45) is 5.85. The third-order valence-electron chi connectivity index (χ3n) is 3.55. The molecule has 2 heterocycles. The Morgan fingerprint density at radius 2 is 1.04 bits per heavy atom. The molecule has 2 rings (SSSR count). The van der Waals surface area contributed by atoms with Gasteiger partial charge in [0.2, 0.25) is 0 Å². The number of rotatable bonds is 8. The van der Waals surface area contributed by atoms with Gasteiger partial charge in [0.15, 0.2) is 6.49 Å². The maximum Gasteiger partial charge on any atom is 0.253 e. The van der Waals surface area contributed by atoms with E-state index in [2.05, 4.69) is 0 Å². The fraction of sp³-hybridized carbons (Fsp3) is 0.429. The summed E-state index contributed by atoms with van der Waals surface area (Å²) in [6, 6.07) is 0. The number of carbonyl (C=O) groups excluding carboxylic acids is 4. The van der Waals surface area contributed by atoms with Crippen LogP contribution in [-0.4, -0.2) is 58.8 Å². The van der Waals surface area contributed by atoms with Crippen molar-refractivity contribution in [3.63, 3.8) is 0 Å². The van der Waals surface area contributed by atoms with Gasteiger partial charge >= 0.3 is 0 Å². The lowest BCUT2D eigenvalue weighted by molar-refractivity contribution is -0.138. The normalized spacial score (nSPS) is 18.0. The molecule has 0 saturated carbocycles. The number of imide groups is 2. The second-order valence-electron chi connectivity index (χ2n) is 5.27. The van der Waals surface area contributed by atoms with Crippen molar-refractivity contribution in [1.29, 1.82) is 0 Å². The molecule has 0 aromatic rings. The molecule has 0 N–H and O–H groups in total. The third kappa shape index (κ3) is 4.62. The predicted molar refractivity (Wildman–Crippen MR) is 84.1 cm³/mol. The molecule has 0 unspecified atom stereocenters. The molecule has 2 aliphatic heterocycles. The van der Waals surface area contributed by atoms with Crippen LogP contribution in [-0.2, 0) is 23.7 Å². The third-order valence-corrected chi connectivity index (χ3v) is 6.53. The number of amides is 4. The number of carbonyl (C=O) groups is 4. The summed E-state index contributed by atoms with van der Waals surface area (Å²) in [4.78, 5) is 47.6. The minimum absolute atomic E-state index is 0.175. The minimum Gasteiger partial charge on any atom is -0.307 e. The Bertz CT molecular complexity index is 570. The standard InChI is InChI=1S/C14H16ClN2O5P/c15-23(22,9-1-7-16-11(18)3-4-12(16)19)10-2-8-17-13(20)5-6-14(17)21/h3-6H,1-2,7-10H2. The zero-order valence-corrected chi connectivity index (χ0v) is 14.0. The van der Waals surface area contributed by atoms with Gasteiger partial charge in [-0.3, -0.25) is 29.0 Å². The lowest BCUT2D eigenvalue weighted by atomic mass is 10.4. The van der Waals surface area contributed by atoms with Crippen LogP contribution in [0.2, 0.25) is 0 Å². The molecular weight excluding hydrogens is 343 g/mol. The maximum absolute atomic E-state index is 12.2. The monoisotopic (exact) mass is 358 g/mol. The van der Waals surface area contributed by atoms with E-state index in [0.717, 1.165) is 9.80 Å². The Labute approximate surface area is 138 Å². The molecule has 9 heteroatoms. The van der Waals surface area contributed by atoms with Crippen LogP contribution in [0.4, 0.5) is 0 Å². The van der Waals surface area contributed by atoms with Crippen molar-refractivity contribution in [2.75, 3.05) is 25.4 Å². The topological polar surface area (TPSA) is 91.8 Å². The van der Waals surface area contributed by atoms with Crippen LogP contribution in [0, 0.1) is 0 Å². The molecule has 124 valence electrons. The Hall–Kier alpha value is -1.72. The van der Waals surface area contributed by atoms with Gasteiger partial charge in [-0.15, -0.1) is 0 Å². The van der Waals surface area contributed by atoms with Crippen molar-refractivity contribution in [2.45, 2.75) is 12.8 Å². The van der Waals surface area contributed by atoms with Gasteiger partial charge in [0.1, 0.15) is 0 Å². The molecule has 7 nitrogen and oxygen atoms in total. The summed E-state index contributed by atoms with van der Waals surface area (Å²) in [7, 11) is 0. The van der Waals surface area contributed by atoms with Gasteiger partial charge in [-0.2, -0.15) is 0 Å². The van der Waals surface area contributed by atoms with Crippen LogP contribution in [0.15, 0.2) is 24.3 Å². The molecule has 0 fully saturated rings. The van der Waals surface area contributed by atoms with Crippen molar-refractivity contribution in [3.8, 4) is 0 Å². The molecule has 0 aromatic carbocycles. The Morgan fingerprint density at radius 1 is 0.739 bits per heavy atom. The summed E-state index contributed by atoms with van der Waals surface area (Å²) in [5, 5.41) is 0. The van der Waals surface area contributed by atoms with Crippen LogP contribution < -0.4 is 0 Å². The molecule has 2 aliphatic rings. The second-order valence-corrected chi connectivity index (χ2v) is 9.59. The largest absolute Gasteiger partial charge is 0.307 e. The summed E-state index contributed by atoms with van der Waals surface area (Å²) in [6.45, 7) is -2.60. The SMILES string of the molecule is O=C1C=CC(=O)N1CCCP(=O)(Cl)CCCN1C(=O)C=CC1=O. The van der Waals surface area contributed by atoms with E-state index in [4.69, 9.17) is 11.2 Å².